The molecule has 6 nitrogen and oxygen atoms in total. The van der Waals surface area contributed by atoms with E-state index in [9.17, 15) is 4.79 Å². The van der Waals surface area contributed by atoms with Gasteiger partial charge in [-0.3, -0.25) is 5.10 Å². The van der Waals surface area contributed by atoms with Gasteiger partial charge in [0.25, 0.3) is 0 Å². The molecule has 0 unspecified atom stereocenters. The van der Waals surface area contributed by atoms with Crippen LogP contribution in [-0.4, -0.2) is 46.4 Å². The molecule has 1 aliphatic rings. The van der Waals surface area contributed by atoms with Gasteiger partial charge in [-0.15, -0.1) is 0 Å². The number of urea groups is 1. The maximum atomic E-state index is 12.4. The lowest BCUT2D eigenvalue weighted by Crippen LogP contribution is -2.49. The lowest BCUT2D eigenvalue weighted by Gasteiger charge is -2.35. The summed E-state index contributed by atoms with van der Waals surface area (Å²) in [7, 11) is 0. The van der Waals surface area contributed by atoms with Gasteiger partial charge in [0.1, 0.15) is 0 Å². The first kappa shape index (κ1) is 14.6. The molecule has 2 aromatic rings. The number of hydrogen-bond donors (Lipinski definition) is 2. The molecule has 2 heterocycles. The second-order valence-electron chi connectivity index (χ2n) is 5.64. The third-order valence-corrected chi connectivity index (χ3v) is 3.63. The molecule has 6 heteroatoms. The smallest absolute Gasteiger partial charge is 0.322 e. The fraction of sp³-hybridized carbons (Fsp3) is 0.375. The lowest BCUT2D eigenvalue weighted by molar-refractivity contribution is -0.0530. The number of amides is 2. The predicted molar refractivity (Wildman–Crippen MR) is 84.6 cm³/mol. The summed E-state index contributed by atoms with van der Waals surface area (Å²) in [6.45, 7) is 5.18. The first-order valence-corrected chi connectivity index (χ1v) is 7.43. The third kappa shape index (κ3) is 3.28. The zero-order chi connectivity index (χ0) is 15.5. The normalized spacial score (nSPS) is 21.6. The summed E-state index contributed by atoms with van der Waals surface area (Å²) in [4.78, 5) is 14.2. The summed E-state index contributed by atoms with van der Waals surface area (Å²) in [5.74, 6) is 0. The predicted octanol–water partition coefficient (Wildman–Crippen LogP) is 2.72. The van der Waals surface area contributed by atoms with E-state index in [4.69, 9.17) is 4.74 Å². The zero-order valence-corrected chi connectivity index (χ0v) is 12.7. The summed E-state index contributed by atoms with van der Waals surface area (Å²) < 4.78 is 5.65. The number of nitrogens with zero attached hydrogens (tertiary/aromatic N) is 2. The summed E-state index contributed by atoms with van der Waals surface area (Å²) in [6.07, 6.45) is 1.83. The highest BCUT2D eigenvalue weighted by atomic mass is 16.5. The fourth-order valence-electron chi connectivity index (χ4n) is 2.73. The van der Waals surface area contributed by atoms with Gasteiger partial charge in [-0.25, -0.2) is 4.79 Å². The van der Waals surface area contributed by atoms with Crippen LogP contribution in [0.15, 0.2) is 36.5 Å². The molecule has 3 rings (SSSR count). The van der Waals surface area contributed by atoms with Gasteiger partial charge in [-0.1, -0.05) is 12.1 Å². The van der Waals surface area contributed by atoms with Crippen molar-refractivity contribution in [2.24, 2.45) is 0 Å². The van der Waals surface area contributed by atoms with E-state index in [1.807, 2.05) is 44.2 Å². The van der Waals surface area contributed by atoms with E-state index in [2.05, 4.69) is 15.5 Å². The molecule has 116 valence electrons. The van der Waals surface area contributed by atoms with E-state index >= 15 is 0 Å². The standard InChI is InChI=1S/C16H20N4O2/c1-11-9-20(10-12(2)22-11)16(21)18-14-5-3-4-13(8-14)15-6-7-17-19-15/h3-8,11-12H,9-10H2,1-2H3,(H,17,19)(H,18,21)/t11-,12+. The Balaban J connectivity index is 1.70. The molecule has 0 saturated carbocycles. The second-order valence-corrected chi connectivity index (χ2v) is 5.64. The minimum absolute atomic E-state index is 0.0610. The van der Waals surface area contributed by atoms with Crippen molar-refractivity contribution < 1.29 is 9.53 Å². The van der Waals surface area contributed by atoms with Crippen LogP contribution in [-0.2, 0) is 4.74 Å². The van der Waals surface area contributed by atoms with E-state index in [1.54, 1.807) is 11.1 Å². The lowest BCUT2D eigenvalue weighted by atomic mass is 10.1. The number of hydrogen-bond acceptors (Lipinski definition) is 3. The molecule has 0 radical (unpaired) electrons. The number of benzene rings is 1. The van der Waals surface area contributed by atoms with E-state index in [0.717, 1.165) is 16.9 Å². The topological polar surface area (TPSA) is 70.2 Å². The first-order valence-electron chi connectivity index (χ1n) is 7.43. The number of nitrogens with one attached hydrogen (secondary N) is 2. The van der Waals surface area contributed by atoms with Crippen LogP contribution in [0.25, 0.3) is 11.3 Å². The van der Waals surface area contributed by atoms with Crippen LogP contribution in [0.1, 0.15) is 13.8 Å². The molecule has 2 amide bonds. The number of anilines is 1. The van der Waals surface area contributed by atoms with Gasteiger partial charge in [0.15, 0.2) is 0 Å². The second kappa shape index (κ2) is 6.19. The Morgan fingerprint density at radius 1 is 1.32 bits per heavy atom. The molecular formula is C16H20N4O2. The molecule has 1 fully saturated rings. The van der Waals surface area contributed by atoms with E-state index in [1.165, 1.54) is 0 Å². The molecule has 22 heavy (non-hydrogen) atoms. The van der Waals surface area contributed by atoms with Crippen molar-refractivity contribution in [3.05, 3.63) is 36.5 Å². The van der Waals surface area contributed by atoms with Gasteiger partial charge in [0.2, 0.25) is 0 Å². The van der Waals surface area contributed by atoms with Crippen LogP contribution in [0, 0.1) is 0 Å². The molecule has 0 bridgehead atoms. The summed E-state index contributed by atoms with van der Waals surface area (Å²) in [5.41, 5.74) is 2.67. The van der Waals surface area contributed by atoms with E-state index < -0.39 is 0 Å². The molecule has 1 saturated heterocycles. The number of H-pyrrole nitrogens is 1. The number of carbonyl (C=O) groups excluding carboxylic acids is 1. The Bertz CT molecular complexity index is 631. The highest BCUT2D eigenvalue weighted by Crippen LogP contribution is 2.21. The average Bonchev–Trinajstić information content (AvgIpc) is 3.00. The fourth-order valence-corrected chi connectivity index (χ4v) is 2.73. The van der Waals surface area contributed by atoms with Gasteiger partial charge in [0.05, 0.1) is 17.9 Å². The van der Waals surface area contributed by atoms with Gasteiger partial charge in [-0.2, -0.15) is 5.10 Å². The number of rotatable bonds is 2. The number of carbonyl (C=O) groups is 1. The number of aromatic amines is 1. The Morgan fingerprint density at radius 3 is 2.77 bits per heavy atom. The van der Waals surface area contributed by atoms with Crippen molar-refractivity contribution in [1.29, 1.82) is 0 Å². The molecule has 1 aromatic carbocycles. The van der Waals surface area contributed by atoms with Crippen molar-refractivity contribution in [2.45, 2.75) is 26.1 Å². The molecule has 2 N–H and O–H groups in total. The number of morpholine rings is 1. The van der Waals surface area contributed by atoms with E-state index in [-0.39, 0.29) is 18.2 Å². The average molecular weight is 300 g/mol. The minimum Gasteiger partial charge on any atom is -0.372 e. The van der Waals surface area contributed by atoms with Crippen molar-refractivity contribution in [3.8, 4) is 11.3 Å². The molecule has 1 aromatic heterocycles. The first-order chi connectivity index (χ1) is 10.6. The van der Waals surface area contributed by atoms with Gasteiger partial charge in [-0.05, 0) is 32.0 Å². The molecule has 0 spiro atoms. The molecular weight excluding hydrogens is 280 g/mol. The van der Waals surface area contributed by atoms with Crippen LogP contribution < -0.4 is 5.32 Å². The van der Waals surface area contributed by atoms with Gasteiger partial charge in [0, 0.05) is 30.5 Å². The number of aromatic nitrogens is 2. The SMILES string of the molecule is C[C@@H]1CN(C(=O)Nc2cccc(-c3ccn[nH]3)c2)C[C@H](C)O1. The Labute approximate surface area is 129 Å². The molecule has 1 aliphatic heterocycles. The summed E-state index contributed by atoms with van der Waals surface area (Å²) >= 11 is 0. The monoisotopic (exact) mass is 300 g/mol. The van der Waals surface area contributed by atoms with Crippen LogP contribution in [0.3, 0.4) is 0 Å². The van der Waals surface area contributed by atoms with Crippen LogP contribution in [0.4, 0.5) is 10.5 Å². The van der Waals surface area contributed by atoms with Crippen molar-refractivity contribution in [3.63, 3.8) is 0 Å². The Hall–Kier alpha value is -2.34. The maximum absolute atomic E-state index is 12.4. The van der Waals surface area contributed by atoms with E-state index in [0.29, 0.717) is 13.1 Å². The third-order valence-electron chi connectivity index (χ3n) is 3.63. The quantitative estimate of drug-likeness (QED) is 0.896. The van der Waals surface area contributed by atoms with Gasteiger partial charge < -0.3 is 15.0 Å². The van der Waals surface area contributed by atoms with Crippen LogP contribution in [0.2, 0.25) is 0 Å². The molecule has 2 atom stereocenters. The Morgan fingerprint density at radius 2 is 2.09 bits per heavy atom. The van der Waals surface area contributed by atoms with Gasteiger partial charge >= 0.3 is 6.03 Å². The summed E-state index contributed by atoms with van der Waals surface area (Å²) in [5, 5.41) is 9.82. The van der Waals surface area contributed by atoms with Crippen molar-refractivity contribution in [1.82, 2.24) is 15.1 Å². The maximum Gasteiger partial charge on any atom is 0.322 e. The number of ether oxygens (including phenoxy) is 1. The van der Waals surface area contributed by atoms with Crippen LogP contribution in [0.5, 0.6) is 0 Å². The van der Waals surface area contributed by atoms with Crippen LogP contribution >= 0.6 is 0 Å². The largest absolute Gasteiger partial charge is 0.372 e. The highest BCUT2D eigenvalue weighted by molar-refractivity contribution is 5.90. The summed E-state index contributed by atoms with van der Waals surface area (Å²) in [6, 6.07) is 9.50. The zero-order valence-electron chi connectivity index (χ0n) is 12.7. The minimum atomic E-state index is -0.0937. The Kier molecular flexibility index (Phi) is 4.11. The van der Waals surface area contributed by atoms with Crippen molar-refractivity contribution in [2.75, 3.05) is 18.4 Å². The highest BCUT2D eigenvalue weighted by Gasteiger charge is 2.25. The molecule has 0 aliphatic carbocycles. The van der Waals surface area contributed by atoms with Crippen molar-refractivity contribution >= 4 is 11.7 Å².